The van der Waals surface area contributed by atoms with Crippen molar-refractivity contribution in [1.82, 2.24) is 10.2 Å². The molecule has 0 bridgehead atoms. The second-order valence-electron chi connectivity index (χ2n) is 5.39. The van der Waals surface area contributed by atoms with E-state index in [0.717, 1.165) is 6.54 Å². The highest BCUT2D eigenvalue weighted by molar-refractivity contribution is 4.77. The Bertz CT molecular complexity index is 166. The predicted molar refractivity (Wildman–Crippen MR) is 74.0 cm³/mol. The monoisotopic (exact) mass is 228 g/mol. The van der Waals surface area contributed by atoms with Crippen LogP contribution in [0.2, 0.25) is 0 Å². The minimum absolute atomic E-state index is 0.347. The molecule has 0 saturated carbocycles. The summed E-state index contributed by atoms with van der Waals surface area (Å²) < 4.78 is 0. The fourth-order valence-electron chi connectivity index (χ4n) is 1.89. The highest BCUT2D eigenvalue weighted by Crippen LogP contribution is 2.17. The Labute approximate surface area is 103 Å². The highest BCUT2D eigenvalue weighted by Gasteiger charge is 2.20. The first-order valence-corrected chi connectivity index (χ1v) is 6.92. The van der Waals surface area contributed by atoms with Gasteiger partial charge in [0.2, 0.25) is 0 Å². The lowest BCUT2D eigenvalue weighted by Crippen LogP contribution is -2.41. The van der Waals surface area contributed by atoms with E-state index in [9.17, 15) is 0 Å². The fourth-order valence-corrected chi connectivity index (χ4v) is 1.89. The number of nitrogens with zero attached hydrogens (tertiary/aromatic N) is 1. The van der Waals surface area contributed by atoms with Crippen molar-refractivity contribution in [3.63, 3.8) is 0 Å². The fraction of sp³-hybridized carbons (Fsp3) is 1.00. The van der Waals surface area contributed by atoms with Crippen LogP contribution in [0.1, 0.15) is 60.3 Å². The van der Waals surface area contributed by atoms with E-state index in [2.05, 4.69) is 51.9 Å². The third-order valence-corrected chi connectivity index (χ3v) is 3.93. The Morgan fingerprint density at radius 2 is 1.81 bits per heavy atom. The van der Waals surface area contributed by atoms with Crippen LogP contribution >= 0.6 is 0 Å². The van der Waals surface area contributed by atoms with Crippen LogP contribution < -0.4 is 5.32 Å². The molecule has 0 heterocycles. The van der Waals surface area contributed by atoms with Gasteiger partial charge in [0.15, 0.2) is 0 Å². The molecule has 0 aliphatic heterocycles. The molecule has 0 aliphatic rings. The van der Waals surface area contributed by atoms with Crippen molar-refractivity contribution in [2.45, 2.75) is 71.9 Å². The van der Waals surface area contributed by atoms with Crippen LogP contribution in [0.4, 0.5) is 0 Å². The quantitative estimate of drug-likeness (QED) is 0.651. The molecule has 1 N–H and O–H groups in total. The van der Waals surface area contributed by atoms with Gasteiger partial charge in [0.25, 0.3) is 0 Å². The van der Waals surface area contributed by atoms with E-state index in [1.807, 2.05) is 0 Å². The van der Waals surface area contributed by atoms with Crippen molar-refractivity contribution in [1.29, 1.82) is 0 Å². The molecule has 1 unspecified atom stereocenters. The van der Waals surface area contributed by atoms with Gasteiger partial charge >= 0.3 is 0 Å². The van der Waals surface area contributed by atoms with Crippen LogP contribution in [0.15, 0.2) is 0 Å². The van der Waals surface area contributed by atoms with Gasteiger partial charge in [-0.1, -0.05) is 20.8 Å². The van der Waals surface area contributed by atoms with Gasteiger partial charge in [0, 0.05) is 11.6 Å². The molecule has 2 nitrogen and oxygen atoms in total. The van der Waals surface area contributed by atoms with Gasteiger partial charge < -0.3 is 10.2 Å². The van der Waals surface area contributed by atoms with Gasteiger partial charge in [-0.05, 0) is 59.7 Å². The van der Waals surface area contributed by atoms with E-state index in [4.69, 9.17) is 0 Å². The average molecular weight is 228 g/mol. The predicted octanol–water partition coefficient (Wildman–Crippen LogP) is 3.28. The third-order valence-electron chi connectivity index (χ3n) is 3.93. The summed E-state index contributed by atoms with van der Waals surface area (Å²) in [6.45, 7) is 13.7. The second kappa shape index (κ2) is 8.08. The zero-order valence-corrected chi connectivity index (χ0v) is 12.3. The van der Waals surface area contributed by atoms with Crippen LogP contribution in [0.25, 0.3) is 0 Å². The van der Waals surface area contributed by atoms with Crippen molar-refractivity contribution in [3.05, 3.63) is 0 Å². The molecule has 0 radical (unpaired) electrons. The molecule has 1 atom stereocenters. The molecular formula is C14H32N2. The summed E-state index contributed by atoms with van der Waals surface area (Å²) in [5, 5.41) is 3.54. The van der Waals surface area contributed by atoms with Crippen LogP contribution in [0, 0.1) is 0 Å². The molecular weight excluding hydrogens is 196 g/mol. The molecule has 0 rings (SSSR count). The SMILES string of the molecule is CCNC(CC)CCCN(C)C(C)(C)CC. The zero-order chi connectivity index (χ0) is 12.6. The van der Waals surface area contributed by atoms with Crippen molar-refractivity contribution in [2.24, 2.45) is 0 Å². The van der Waals surface area contributed by atoms with Gasteiger partial charge in [0.1, 0.15) is 0 Å². The normalized spacial score (nSPS) is 14.4. The van der Waals surface area contributed by atoms with Crippen LogP contribution in [0.5, 0.6) is 0 Å². The molecule has 0 fully saturated rings. The molecule has 0 spiro atoms. The number of nitrogens with one attached hydrogen (secondary N) is 1. The van der Waals surface area contributed by atoms with Crippen molar-refractivity contribution >= 4 is 0 Å². The van der Waals surface area contributed by atoms with E-state index in [-0.39, 0.29) is 0 Å². The van der Waals surface area contributed by atoms with E-state index in [1.54, 1.807) is 0 Å². The molecule has 2 heteroatoms. The van der Waals surface area contributed by atoms with E-state index < -0.39 is 0 Å². The van der Waals surface area contributed by atoms with Gasteiger partial charge in [-0.2, -0.15) is 0 Å². The van der Waals surface area contributed by atoms with E-state index in [0.29, 0.717) is 11.6 Å². The standard InChI is InChI=1S/C14H32N2/c1-7-13(15-9-3)11-10-12-16(6)14(4,5)8-2/h13,15H,7-12H2,1-6H3. The van der Waals surface area contributed by atoms with Gasteiger partial charge in [0.05, 0.1) is 0 Å². The molecule has 0 aromatic heterocycles. The molecule has 0 aromatic rings. The Morgan fingerprint density at radius 3 is 2.25 bits per heavy atom. The average Bonchev–Trinajstić information content (AvgIpc) is 2.27. The van der Waals surface area contributed by atoms with Gasteiger partial charge in [-0.15, -0.1) is 0 Å². The topological polar surface area (TPSA) is 15.3 Å². The summed E-state index contributed by atoms with van der Waals surface area (Å²) in [4.78, 5) is 2.49. The summed E-state index contributed by atoms with van der Waals surface area (Å²) in [5.41, 5.74) is 0.347. The molecule has 0 amide bonds. The lowest BCUT2D eigenvalue weighted by atomic mass is 9.99. The minimum Gasteiger partial charge on any atom is -0.314 e. The first-order chi connectivity index (χ1) is 7.47. The lowest BCUT2D eigenvalue weighted by Gasteiger charge is -2.35. The second-order valence-corrected chi connectivity index (χ2v) is 5.39. The van der Waals surface area contributed by atoms with E-state index >= 15 is 0 Å². The van der Waals surface area contributed by atoms with Crippen molar-refractivity contribution in [3.8, 4) is 0 Å². The summed E-state index contributed by atoms with van der Waals surface area (Å²) >= 11 is 0. The molecule has 0 aliphatic carbocycles. The molecule has 0 saturated heterocycles. The number of rotatable bonds is 9. The summed E-state index contributed by atoms with van der Waals surface area (Å²) in [6.07, 6.45) is 5.06. The van der Waals surface area contributed by atoms with Crippen LogP contribution in [-0.2, 0) is 0 Å². The molecule has 98 valence electrons. The number of hydrogen-bond acceptors (Lipinski definition) is 2. The van der Waals surface area contributed by atoms with E-state index in [1.165, 1.54) is 32.2 Å². The van der Waals surface area contributed by atoms with Crippen LogP contribution in [0.3, 0.4) is 0 Å². The molecule has 0 aromatic carbocycles. The maximum absolute atomic E-state index is 3.54. The lowest BCUT2D eigenvalue weighted by molar-refractivity contribution is 0.147. The minimum atomic E-state index is 0.347. The third kappa shape index (κ3) is 5.86. The van der Waals surface area contributed by atoms with Crippen molar-refractivity contribution < 1.29 is 0 Å². The summed E-state index contributed by atoms with van der Waals surface area (Å²) in [7, 11) is 2.25. The van der Waals surface area contributed by atoms with Crippen molar-refractivity contribution in [2.75, 3.05) is 20.1 Å². The van der Waals surface area contributed by atoms with Gasteiger partial charge in [-0.3, -0.25) is 0 Å². The maximum Gasteiger partial charge on any atom is 0.0147 e. The maximum atomic E-state index is 3.54. The zero-order valence-electron chi connectivity index (χ0n) is 12.3. The first kappa shape index (κ1) is 15.9. The summed E-state index contributed by atoms with van der Waals surface area (Å²) in [5.74, 6) is 0. The highest BCUT2D eigenvalue weighted by atomic mass is 15.2. The Kier molecular flexibility index (Phi) is 8.04. The molecule has 16 heavy (non-hydrogen) atoms. The Morgan fingerprint density at radius 1 is 1.19 bits per heavy atom. The number of hydrogen-bond donors (Lipinski definition) is 1. The summed E-state index contributed by atoms with van der Waals surface area (Å²) in [6, 6.07) is 0.711. The van der Waals surface area contributed by atoms with Crippen LogP contribution in [-0.4, -0.2) is 36.6 Å². The Balaban J connectivity index is 3.79. The first-order valence-electron chi connectivity index (χ1n) is 6.92. The largest absolute Gasteiger partial charge is 0.314 e. The smallest absolute Gasteiger partial charge is 0.0147 e. The Hall–Kier alpha value is -0.0800. The van der Waals surface area contributed by atoms with Gasteiger partial charge in [-0.25, -0.2) is 0 Å².